The highest BCUT2D eigenvalue weighted by atomic mass is 16.5. The van der Waals surface area contributed by atoms with Gasteiger partial charge in [0.05, 0.1) is 6.10 Å². The van der Waals surface area contributed by atoms with Crippen molar-refractivity contribution in [2.45, 2.75) is 32.8 Å². The number of nitrogens with zero attached hydrogens (tertiary/aromatic N) is 1. The van der Waals surface area contributed by atoms with Gasteiger partial charge in [-0.15, -0.1) is 0 Å². The lowest BCUT2D eigenvalue weighted by Gasteiger charge is -2.32. The van der Waals surface area contributed by atoms with E-state index in [-0.39, 0.29) is 0 Å². The van der Waals surface area contributed by atoms with Crippen molar-refractivity contribution < 1.29 is 4.74 Å². The van der Waals surface area contributed by atoms with E-state index in [1.54, 1.807) is 0 Å². The van der Waals surface area contributed by atoms with Crippen LogP contribution < -0.4 is 5.32 Å². The molecule has 0 amide bonds. The van der Waals surface area contributed by atoms with Gasteiger partial charge in [0.25, 0.3) is 0 Å². The summed E-state index contributed by atoms with van der Waals surface area (Å²) in [6.07, 6.45) is 2.92. The fourth-order valence-electron chi connectivity index (χ4n) is 2.62. The van der Waals surface area contributed by atoms with Gasteiger partial charge in [0.15, 0.2) is 0 Å². The maximum atomic E-state index is 5.73. The molecule has 1 heterocycles. The van der Waals surface area contributed by atoms with Crippen LogP contribution in [0.5, 0.6) is 0 Å². The first-order chi connectivity index (χ1) is 9.28. The van der Waals surface area contributed by atoms with Gasteiger partial charge in [-0.25, -0.2) is 0 Å². The second-order valence-corrected chi connectivity index (χ2v) is 5.31. The molecule has 1 unspecified atom stereocenters. The molecule has 0 radical (unpaired) electrons. The molecule has 2 rings (SSSR count). The summed E-state index contributed by atoms with van der Waals surface area (Å²) in [5.41, 5.74) is 2.52. The largest absolute Gasteiger partial charge is 0.384 e. The summed E-state index contributed by atoms with van der Waals surface area (Å²) in [7, 11) is 0. The molecule has 3 nitrogen and oxygen atoms in total. The number of nitrogens with one attached hydrogen (secondary N) is 1. The number of ether oxygens (including phenoxy) is 1. The molecule has 1 aliphatic rings. The Morgan fingerprint density at radius 3 is 2.84 bits per heavy atom. The zero-order chi connectivity index (χ0) is 13.5. The number of likely N-dealkylation sites (tertiary alicyclic amines) is 1. The van der Waals surface area contributed by atoms with E-state index < -0.39 is 0 Å². The number of benzene rings is 1. The quantitative estimate of drug-likeness (QED) is 0.853. The molecule has 1 aliphatic heterocycles. The average molecular weight is 262 g/mol. The van der Waals surface area contributed by atoms with Crippen LogP contribution in [-0.4, -0.2) is 43.8 Å². The molecule has 1 fully saturated rings. The van der Waals surface area contributed by atoms with Gasteiger partial charge < -0.3 is 10.1 Å². The van der Waals surface area contributed by atoms with Crippen LogP contribution >= 0.6 is 0 Å². The van der Waals surface area contributed by atoms with Gasteiger partial charge in [-0.05, 0) is 45.4 Å². The molecule has 19 heavy (non-hydrogen) atoms. The Labute approximate surface area is 116 Å². The number of hydrogen-bond donors (Lipinski definition) is 1. The van der Waals surface area contributed by atoms with Crippen LogP contribution in [0.2, 0.25) is 0 Å². The fraction of sp³-hybridized carbons (Fsp3) is 0.625. The van der Waals surface area contributed by atoms with Crippen molar-refractivity contribution in [3.05, 3.63) is 29.8 Å². The lowest BCUT2D eigenvalue weighted by Crippen LogP contribution is -2.41. The first kappa shape index (κ1) is 14.4. The molecule has 1 atom stereocenters. The van der Waals surface area contributed by atoms with E-state index in [9.17, 15) is 0 Å². The molecule has 1 aromatic rings. The Morgan fingerprint density at radius 2 is 2.11 bits per heavy atom. The number of rotatable bonds is 6. The van der Waals surface area contributed by atoms with Crippen LogP contribution in [0.15, 0.2) is 24.3 Å². The molecule has 106 valence electrons. The van der Waals surface area contributed by atoms with Crippen LogP contribution in [-0.2, 0) is 4.74 Å². The SMILES string of the molecule is CCOC1CCCN(CCNc2ccc(C)cc2)C1. The monoisotopic (exact) mass is 262 g/mol. The summed E-state index contributed by atoms with van der Waals surface area (Å²) < 4.78 is 5.73. The standard InChI is InChI=1S/C16H26N2O/c1-3-19-16-5-4-11-18(13-16)12-10-17-15-8-6-14(2)7-9-15/h6-9,16-17H,3-5,10-13H2,1-2H3. The third kappa shape index (κ3) is 4.84. The van der Waals surface area contributed by atoms with Crippen molar-refractivity contribution in [2.75, 3.05) is 38.1 Å². The van der Waals surface area contributed by atoms with Crippen molar-refractivity contribution >= 4 is 5.69 Å². The van der Waals surface area contributed by atoms with Gasteiger partial charge in [0.2, 0.25) is 0 Å². The van der Waals surface area contributed by atoms with Crippen molar-refractivity contribution in [3.63, 3.8) is 0 Å². The van der Waals surface area contributed by atoms with Crippen LogP contribution in [0, 0.1) is 6.92 Å². The predicted molar refractivity (Wildman–Crippen MR) is 80.8 cm³/mol. The molecule has 0 spiro atoms. The fourth-order valence-corrected chi connectivity index (χ4v) is 2.62. The summed E-state index contributed by atoms with van der Waals surface area (Å²) in [6, 6.07) is 8.59. The molecular formula is C16H26N2O. The minimum Gasteiger partial charge on any atom is -0.384 e. The van der Waals surface area contributed by atoms with Crippen LogP contribution in [0.3, 0.4) is 0 Å². The highest BCUT2D eigenvalue weighted by Crippen LogP contribution is 2.13. The second-order valence-electron chi connectivity index (χ2n) is 5.31. The molecule has 3 heteroatoms. The van der Waals surface area contributed by atoms with Crippen molar-refractivity contribution in [3.8, 4) is 0 Å². The van der Waals surface area contributed by atoms with Crippen molar-refractivity contribution in [1.82, 2.24) is 4.90 Å². The van der Waals surface area contributed by atoms with E-state index in [0.29, 0.717) is 6.10 Å². The summed E-state index contributed by atoms with van der Waals surface area (Å²) in [5, 5.41) is 3.48. The van der Waals surface area contributed by atoms with Crippen molar-refractivity contribution in [1.29, 1.82) is 0 Å². The number of anilines is 1. The lowest BCUT2D eigenvalue weighted by molar-refractivity contribution is 0.00716. The van der Waals surface area contributed by atoms with Crippen LogP contribution in [0.1, 0.15) is 25.3 Å². The highest BCUT2D eigenvalue weighted by Gasteiger charge is 2.19. The van der Waals surface area contributed by atoms with Gasteiger partial charge in [-0.2, -0.15) is 0 Å². The van der Waals surface area contributed by atoms with E-state index in [1.165, 1.54) is 30.6 Å². The van der Waals surface area contributed by atoms with Gasteiger partial charge in [0.1, 0.15) is 0 Å². The van der Waals surface area contributed by atoms with E-state index in [4.69, 9.17) is 4.74 Å². The zero-order valence-electron chi connectivity index (χ0n) is 12.2. The first-order valence-corrected chi connectivity index (χ1v) is 7.42. The van der Waals surface area contributed by atoms with Gasteiger partial charge in [-0.1, -0.05) is 17.7 Å². The third-order valence-electron chi connectivity index (χ3n) is 3.67. The van der Waals surface area contributed by atoms with Crippen LogP contribution in [0.25, 0.3) is 0 Å². The highest BCUT2D eigenvalue weighted by molar-refractivity contribution is 5.44. The summed E-state index contributed by atoms with van der Waals surface area (Å²) in [5.74, 6) is 0. The van der Waals surface area contributed by atoms with E-state index in [0.717, 1.165) is 26.2 Å². The smallest absolute Gasteiger partial charge is 0.0702 e. The molecule has 1 N–H and O–H groups in total. The molecule has 0 aliphatic carbocycles. The third-order valence-corrected chi connectivity index (χ3v) is 3.67. The lowest BCUT2D eigenvalue weighted by atomic mass is 10.1. The molecule has 1 saturated heterocycles. The number of hydrogen-bond acceptors (Lipinski definition) is 3. The maximum absolute atomic E-state index is 5.73. The first-order valence-electron chi connectivity index (χ1n) is 7.42. The molecular weight excluding hydrogens is 236 g/mol. The number of aryl methyl sites for hydroxylation is 1. The Hall–Kier alpha value is -1.06. The zero-order valence-corrected chi connectivity index (χ0v) is 12.2. The van der Waals surface area contributed by atoms with Crippen LogP contribution in [0.4, 0.5) is 5.69 Å². The number of piperidine rings is 1. The van der Waals surface area contributed by atoms with E-state index in [2.05, 4.69) is 48.3 Å². The Bertz CT molecular complexity index is 362. The molecule has 0 aromatic heterocycles. The second kappa shape index (κ2) is 7.51. The summed E-state index contributed by atoms with van der Waals surface area (Å²) in [4.78, 5) is 2.50. The Morgan fingerprint density at radius 1 is 1.32 bits per heavy atom. The van der Waals surface area contributed by atoms with Crippen molar-refractivity contribution in [2.24, 2.45) is 0 Å². The molecule has 0 bridgehead atoms. The molecule has 0 saturated carbocycles. The maximum Gasteiger partial charge on any atom is 0.0702 e. The predicted octanol–water partition coefficient (Wildman–Crippen LogP) is 2.91. The molecule has 1 aromatic carbocycles. The van der Waals surface area contributed by atoms with Gasteiger partial charge in [-0.3, -0.25) is 4.90 Å². The Balaban J connectivity index is 1.69. The minimum atomic E-state index is 0.443. The topological polar surface area (TPSA) is 24.5 Å². The summed E-state index contributed by atoms with van der Waals surface area (Å²) >= 11 is 0. The average Bonchev–Trinajstić information content (AvgIpc) is 2.42. The minimum absolute atomic E-state index is 0.443. The summed E-state index contributed by atoms with van der Waals surface area (Å²) in [6.45, 7) is 9.42. The van der Waals surface area contributed by atoms with Gasteiger partial charge >= 0.3 is 0 Å². The normalized spacial score (nSPS) is 20.4. The van der Waals surface area contributed by atoms with E-state index in [1.807, 2.05) is 0 Å². The van der Waals surface area contributed by atoms with E-state index >= 15 is 0 Å². The van der Waals surface area contributed by atoms with Gasteiger partial charge in [0, 0.05) is 31.9 Å². The Kier molecular flexibility index (Phi) is 5.67.